The molecule has 0 atom stereocenters. The second kappa shape index (κ2) is 13.0. The summed E-state index contributed by atoms with van der Waals surface area (Å²) in [7, 11) is -2.02. The highest BCUT2D eigenvalue weighted by Crippen LogP contribution is 2.34. The Labute approximate surface area is 230 Å². The van der Waals surface area contributed by atoms with Crippen molar-refractivity contribution in [3.63, 3.8) is 0 Å². The summed E-state index contributed by atoms with van der Waals surface area (Å²) in [6.07, 6.45) is 8.11. The summed E-state index contributed by atoms with van der Waals surface area (Å²) >= 11 is 1.35. The quantitative estimate of drug-likeness (QED) is 0.336. The van der Waals surface area contributed by atoms with E-state index in [4.69, 9.17) is 9.72 Å². The molecule has 1 saturated carbocycles. The van der Waals surface area contributed by atoms with E-state index in [1.54, 1.807) is 25.3 Å². The number of imidazole rings is 1. The number of methoxy groups -OCH3 is 1. The second-order valence-electron chi connectivity index (χ2n) is 9.54. The molecule has 1 fully saturated rings. The Balaban J connectivity index is 1.66. The van der Waals surface area contributed by atoms with Crippen molar-refractivity contribution in [1.29, 1.82) is 0 Å². The van der Waals surface area contributed by atoms with Crippen LogP contribution in [0.3, 0.4) is 0 Å². The lowest BCUT2D eigenvalue weighted by Gasteiger charge is -2.21. The van der Waals surface area contributed by atoms with Crippen LogP contribution in [0.2, 0.25) is 0 Å². The Morgan fingerprint density at radius 2 is 1.76 bits per heavy atom. The van der Waals surface area contributed by atoms with Crippen LogP contribution in [0.15, 0.2) is 52.5 Å². The number of ether oxygens (including phenoxy) is 1. The molecular weight excluding hydrogens is 520 g/mol. The van der Waals surface area contributed by atoms with Crippen molar-refractivity contribution in [2.24, 2.45) is 0 Å². The molecule has 4 rings (SSSR count). The fourth-order valence-electron chi connectivity index (χ4n) is 5.06. The second-order valence-corrected chi connectivity index (χ2v) is 12.4. The van der Waals surface area contributed by atoms with Gasteiger partial charge in [-0.1, -0.05) is 69.8 Å². The number of carbonyl (C=O) groups is 1. The van der Waals surface area contributed by atoms with Crippen LogP contribution in [0.25, 0.3) is 16.7 Å². The summed E-state index contributed by atoms with van der Waals surface area (Å²) in [5.41, 5.74) is 2.07. The van der Waals surface area contributed by atoms with Crippen molar-refractivity contribution in [3.8, 4) is 11.4 Å². The summed E-state index contributed by atoms with van der Waals surface area (Å²) in [6.45, 7) is 4.44. The first kappa shape index (κ1) is 28.4. The molecule has 0 unspecified atom stereocenters. The first-order valence-corrected chi connectivity index (χ1v) is 15.9. The number of thioether (sulfide) groups is 1. The minimum absolute atomic E-state index is 0.0102. The number of fused-ring (bicyclic) bond motifs is 1. The highest BCUT2D eigenvalue weighted by Gasteiger charge is 2.24. The average molecular weight is 559 g/mol. The third-order valence-corrected chi connectivity index (χ3v) is 10.1. The van der Waals surface area contributed by atoms with Gasteiger partial charge in [-0.05, 0) is 43.2 Å². The summed E-state index contributed by atoms with van der Waals surface area (Å²) in [5, 5.41) is 3.83. The van der Waals surface area contributed by atoms with E-state index in [1.165, 1.54) is 35.3 Å². The van der Waals surface area contributed by atoms with Crippen LogP contribution in [-0.2, 0) is 14.8 Å². The number of carbonyl (C=O) groups excluding carboxylic acids is 1. The van der Waals surface area contributed by atoms with Crippen molar-refractivity contribution in [2.45, 2.75) is 74.9 Å². The number of hydrogen-bond donors (Lipinski definition) is 1. The zero-order valence-electron chi connectivity index (χ0n) is 22.5. The first-order chi connectivity index (χ1) is 18.4. The third kappa shape index (κ3) is 6.35. The number of para-hydroxylation sites is 2. The number of nitrogens with zero attached hydrogens (tertiary/aromatic N) is 3. The van der Waals surface area contributed by atoms with Gasteiger partial charge in [-0.15, -0.1) is 0 Å². The number of aromatic nitrogens is 2. The van der Waals surface area contributed by atoms with E-state index in [-0.39, 0.29) is 22.6 Å². The van der Waals surface area contributed by atoms with Crippen LogP contribution in [0.4, 0.5) is 0 Å². The number of rotatable bonds is 10. The minimum atomic E-state index is -3.63. The fraction of sp³-hybridized carbons (Fsp3) is 0.500. The molecule has 1 aromatic heterocycles. The Bertz CT molecular complexity index is 1340. The fourth-order valence-corrected chi connectivity index (χ4v) is 7.37. The predicted octanol–water partition coefficient (Wildman–Crippen LogP) is 5.39. The van der Waals surface area contributed by atoms with Crippen LogP contribution < -0.4 is 10.1 Å². The van der Waals surface area contributed by atoms with Gasteiger partial charge < -0.3 is 10.1 Å². The summed E-state index contributed by atoms with van der Waals surface area (Å²) in [5.74, 6) is 0.871. The van der Waals surface area contributed by atoms with Crippen molar-refractivity contribution < 1.29 is 17.9 Å². The minimum Gasteiger partial charge on any atom is -0.495 e. The molecule has 1 heterocycles. The van der Waals surface area contributed by atoms with Crippen LogP contribution >= 0.6 is 11.8 Å². The molecule has 0 saturated heterocycles. The first-order valence-electron chi connectivity index (χ1n) is 13.5. The van der Waals surface area contributed by atoms with Crippen molar-refractivity contribution in [1.82, 2.24) is 19.2 Å². The van der Waals surface area contributed by atoms with E-state index >= 15 is 0 Å². The van der Waals surface area contributed by atoms with Gasteiger partial charge in [0.15, 0.2) is 5.16 Å². The molecule has 1 N–H and O–H groups in total. The number of hydrogen-bond acceptors (Lipinski definition) is 6. The van der Waals surface area contributed by atoms with E-state index in [0.717, 1.165) is 36.9 Å². The molecule has 2 aromatic carbocycles. The number of amides is 1. The van der Waals surface area contributed by atoms with E-state index in [1.807, 2.05) is 42.7 Å². The Kier molecular flexibility index (Phi) is 9.73. The highest BCUT2D eigenvalue weighted by molar-refractivity contribution is 7.99. The number of nitrogens with one attached hydrogen (secondary N) is 1. The lowest BCUT2D eigenvalue weighted by Crippen LogP contribution is -2.36. The molecule has 8 nitrogen and oxygen atoms in total. The standard InChI is InChI=1S/C28H38N4O4S2/c1-4-31(5-2)38(34,35)22-17-18-24-23(19-22)30-28(32(24)25-15-11-12-16-26(25)36-3)37-20-27(33)29-21-13-9-7-6-8-10-14-21/h11-12,15-19,21H,4-10,13-14,20H2,1-3H3,(H,29,33). The van der Waals surface area contributed by atoms with Crippen LogP contribution in [-0.4, -0.2) is 60.2 Å². The number of benzene rings is 2. The molecule has 0 aliphatic heterocycles. The normalized spacial score (nSPS) is 15.4. The molecule has 0 radical (unpaired) electrons. The van der Waals surface area contributed by atoms with Crippen LogP contribution in [0.1, 0.15) is 58.8 Å². The Morgan fingerprint density at radius 1 is 1.08 bits per heavy atom. The van der Waals surface area contributed by atoms with Crippen LogP contribution in [0.5, 0.6) is 5.75 Å². The summed E-state index contributed by atoms with van der Waals surface area (Å²) < 4.78 is 35.3. The third-order valence-electron chi connectivity index (χ3n) is 7.07. The lowest BCUT2D eigenvalue weighted by atomic mass is 9.97. The SMILES string of the molecule is CCN(CC)S(=O)(=O)c1ccc2c(c1)nc(SCC(=O)NC1CCCCCCC1)n2-c1ccccc1OC. The van der Waals surface area contributed by atoms with Gasteiger partial charge in [0.25, 0.3) is 0 Å². The van der Waals surface area contributed by atoms with Gasteiger partial charge in [-0.2, -0.15) is 4.31 Å². The van der Waals surface area contributed by atoms with E-state index in [2.05, 4.69) is 5.32 Å². The summed E-state index contributed by atoms with van der Waals surface area (Å²) in [6, 6.07) is 12.9. The van der Waals surface area contributed by atoms with Gasteiger partial charge >= 0.3 is 0 Å². The lowest BCUT2D eigenvalue weighted by molar-refractivity contribution is -0.119. The van der Waals surface area contributed by atoms with Crippen LogP contribution in [0, 0.1) is 0 Å². The van der Waals surface area contributed by atoms with Crippen molar-refractivity contribution >= 4 is 38.7 Å². The molecule has 0 spiro atoms. The zero-order chi connectivity index (χ0) is 27.1. The zero-order valence-corrected chi connectivity index (χ0v) is 24.1. The molecule has 1 aliphatic carbocycles. The maximum atomic E-state index is 13.2. The molecular formula is C28H38N4O4S2. The molecule has 38 heavy (non-hydrogen) atoms. The van der Waals surface area contributed by atoms with Gasteiger partial charge in [0.1, 0.15) is 5.75 Å². The molecule has 10 heteroatoms. The highest BCUT2D eigenvalue weighted by atomic mass is 32.2. The summed E-state index contributed by atoms with van der Waals surface area (Å²) in [4.78, 5) is 17.9. The monoisotopic (exact) mass is 558 g/mol. The van der Waals surface area contributed by atoms with Gasteiger partial charge in [-0.25, -0.2) is 13.4 Å². The van der Waals surface area contributed by atoms with E-state index in [0.29, 0.717) is 29.5 Å². The van der Waals surface area contributed by atoms with Gasteiger partial charge in [0.05, 0.1) is 34.5 Å². The van der Waals surface area contributed by atoms with E-state index in [9.17, 15) is 13.2 Å². The number of sulfonamides is 1. The smallest absolute Gasteiger partial charge is 0.243 e. The van der Waals surface area contributed by atoms with Crippen molar-refractivity contribution in [2.75, 3.05) is 26.0 Å². The van der Waals surface area contributed by atoms with Gasteiger partial charge in [0, 0.05) is 19.1 Å². The topological polar surface area (TPSA) is 93.5 Å². The van der Waals surface area contributed by atoms with E-state index < -0.39 is 10.0 Å². The Hall–Kier alpha value is -2.56. The molecule has 1 amide bonds. The van der Waals surface area contributed by atoms with Gasteiger partial charge in [-0.3, -0.25) is 9.36 Å². The molecule has 1 aliphatic rings. The van der Waals surface area contributed by atoms with Crippen molar-refractivity contribution in [3.05, 3.63) is 42.5 Å². The predicted molar refractivity (Wildman–Crippen MR) is 153 cm³/mol. The largest absolute Gasteiger partial charge is 0.495 e. The average Bonchev–Trinajstić information content (AvgIpc) is 3.27. The Morgan fingerprint density at radius 3 is 2.45 bits per heavy atom. The molecule has 206 valence electrons. The maximum Gasteiger partial charge on any atom is 0.243 e. The maximum absolute atomic E-state index is 13.2. The molecule has 3 aromatic rings. The molecule has 0 bridgehead atoms. The van der Waals surface area contributed by atoms with Gasteiger partial charge in [0.2, 0.25) is 15.9 Å².